The van der Waals surface area contributed by atoms with Gasteiger partial charge in [-0.2, -0.15) is 4.58 Å². The lowest BCUT2D eigenvalue weighted by molar-refractivity contribution is -0.401. The summed E-state index contributed by atoms with van der Waals surface area (Å²) in [5, 5.41) is 6.93. The summed E-state index contributed by atoms with van der Waals surface area (Å²) >= 11 is 0. The van der Waals surface area contributed by atoms with E-state index >= 15 is 0 Å². The number of allylic oxidation sites excluding steroid dienone is 7. The molecule has 0 unspecified atom stereocenters. The van der Waals surface area contributed by atoms with Crippen LogP contribution < -0.4 is 25.0 Å². The smallest absolute Gasteiger partial charge is 0.240 e. The van der Waals surface area contributed by atoms with Gasteiger partial charge in [-0.3, -0.25) is 4.79 Å². The number of carbonyl (C=O) groups excluding carboxylic acids is 1. The summed E-state index contributed by atoms with van der Waals surface area (Å²) in [6.45, 7) is 14.6. The lowest BCUT2D eigenvalue weighted by atomic mass is 9.81. The number of rotatable bonds is 11. The van der Waals surface area contributed by atoms with Crippen LogP contribution in [0, 0.1) is 0 Å². The Kier molecular flexibility index (Phi) is 15.0. The standard InChI is InChI=1S/C51H64N4O7/c1-50(2)40-14-7-9-16-42(40)54(5)46(50)22-19-38-12-11-13-39(20-23-47-51(3,4)41-15-8-10-17-43(41)55(47)36-48(56)52-24-25-57-6)49(38)53-35-37-18-21-44-45(34-37)62-33-31-60-29-27-58-26-28-59-30-32-61-44/h7-10,14-23,34H,11-13,24-33,35-36H2,1-6H3,(H,52,56)/p+1/b39-20+,47-23+. The van der Waals surface area contributed by atoms with Crippen molar-refractivity contribution in [1.29, 1.82) is 0 Å². The molecular weight excluding hydrogens is 781 g/mol. The summed E-state index contributed by atoms with van der Waals surface area (Å²) in [6, 6.07) is 23.2. The number of benzene rings is 3. The monoisotopic (exact) mass is 845 g/mol. The van der Waals surface area contributed by atoms with Crippen LogP contribution in [0.2, 0.25) is 0 Å². The van der Waals surface area contributed by atoms with Crippen molar-refractivity contribution in [3.8, 4) is 11.5 Å². The molecule has 11 heteroatoms. The summed E-state index contributed by atoms with van der Waals surface area (Å²) in [7, 11) is 3.81. The minimum atomic E-state index is -0.319. The van der Waals surface area contributed by atoms with Crippen LogP contribution in [0.3, 0.4) is 0 Å². The predicted octanol–water partition coefficient (Wildman–Crippen LogP) is 7.67. The number of nitrogens with one attached hydrogen (secondary N) is 2. The summed E-state index contributed by atoms with van der Waals surface area (Å²) in [5.74, 6) is 1.31. The SMILES string of the molecule is COCCNC(=O)CN1/C(=C/C=C2\CCCC(/C=C/C3=[N+](C)c4ccccc4C3(C)C)=C2NCc2ccc3c(c2)OCCOCCOCCOCCO3)C(C)(C)c2ccccc21. The van der Waals surface area contributed by atoms with Crippen molar-refractivity contribution in [3.05, 3.63) is 130 Å². The van der Waals surface area contributed by atoms with Gasteiger partial charge in [0, 0.05) is 60.4 Å². The van der Waals surface area contributed by atoms with E-state index in [-0.39, 0.29) is 23.3 Å². The van der Waals surface area contributed by atoms with Crippen LogP contribution in [-0.2, 0) is 41.1 Å². The Balaban J connectivity index is 1.22. The van der Waals surface area contributed by atoms with E-state index in [1.54, 1.807) is 7.11 Å². The second-order valence-corrected chi connectivity index (χ2v) is 17.2. The van der Waals surface area contributed by atoms with Gasteiger partial charge in [0.25, 0.3) is 0 Å². The summed E-state index contributed by atoms with van der Waals surface area (Å²) in [5.41, 5.74) is 11.4. The minimum absolute atomic E-state index is 0.0419. The molecule has 0 saturated heterocycles. The Morgan fingerprint density at radius 2 is 1.47 bits per heavy atom. The molecule has 0 spiro atoms. The third kappa shape index (κ3) is 10.3. The van der Waals surface area contributed by atoms with E-state index in [0.717, 1.165) is 41.9 Å². The first-order valence-electron chi connectivity index (χ1n) is 22.1. The van der Waals surface area contributed by atoms with Crippen molar-refractivity contribution in [2.45, 2.75) is 64.3 Å². The molecular formula is C51H65N4O7+. The maximum absolute atomic E-state index is 13.3. The highest BCUT2D eigenvalue weighted by Gasteiger charge is 2.43. The Labute approximate surface area is 368 Å². The average molecular weight is 846 g/mol. The molecule has 62 heavy (non-hydrogen) atoms. The molecule has 3 aromatic carbocycles. The second-order valence-electron chi connectivity index (χ2n) is 17.2. The van der Waals surface area contributed by atoms with E-state index in [1.165, 1.54) is 33.7 Å². The van der Waals surface area contributed by atoms with Gasteiger partial charge in [0.15, 0.2) is 17.2 Å². The first-order valence-corrected chi connectivity index (χ1v) is 22.1. The molecule has 4 aliphatic rings. The summed E-state index contributed by atoms with van der Waals surface area (Å²) in [4.78, 5) is 15.5. The number of ether oxygens (including phenoxy) is 6. The molecule has 11 nitrogen and oxygen atoms in total. The normalized spacial score (nSPS) is 20.6. The van der Waals surface area contributed by atoms with Crippen molar-refractivity contribution in [3.63, 3.8) is 0 Å². The zero-order valence-electron chi connectivity index (χ0n) is 37.5. The Morgan fingerprint density at radius 3 is 2.19 bits per heavy atom. The zero-order chi connectivity index (χ0) is 43.5. The Morgan fingerprint density at radius 1 is 0.790 bits per heavy atom. The van der Waals surface area contributed by atoms with Crippen molar-refractivity contribution in [1.82, 2.24) is 10.6 Å². The van der Waals surface area contributed by atoms with Gasteiger partial charge in [-0.25, -0.2) is 0 Å². The largest absolute Gasteiger partial charge is 0.487 e. The fraction of sp³-hybridized carbons (Fsp3) is 0.451. The van der Waals surface area contributed by atoms with E-state index < -0.39 is 0 Å². The number of hydrogen-bond donors (Lipinski definition) is 2. The molecule has 0 aromatic heterocycles. The lowest BCUT2D eigenvalue weighted by Crippen LogP contribution is -2.38. The first-order chi connectivity index (χ1) is 30.1. The summed E-state index contributed by atoms with van der Waals surface area (Å²) in [6.07, 6.45) is 12.0. The van der Waals surface area contributed by atoms with E-state index in [4.69, 9.17) is 28.4 Å². The zero-order valence-corrected chi connectivity index (χ0v) is 37.5. The quantitative estimate of drug-likeness (QED) is 0.149. The molecule has 7 rings (SSSR count). The number of para-hydroxylation sites is 2. The number of fused-ring (bicyclic) bond motifs is 3. The van der Waals surface area contributed by atoms with Gasteiger partial charge in [-0.1, -0.05) is 68.5 Å². The Hall–Kier alpha value is -5.20. The molecule has 330 valence electrons. The third-order valence-electron chi connectivity index (χ3n) is 12.3. The van der Waals surface area contributed by atoms with Crippen LogP contribution in [0.15, 0.2) is 114 Å². The summed E-state index contributed by atoms with van der Waals surface area (Å²) < 4.78 is 36.9. The molecule has 2 N–H and O–H groups in total. The van der Waals surface area contributed by atoms with Crippen molar-refractivity contribution < 1.29 is 37.8 Å². The highest BCUT2D eigenvalue weighted by molar-refractivity contribution is 6.03. The van der Waals surface area contributed by atoms with Gasteiger partial charge in [0.1, 0.15) is 26.8 Å². The topological polar surface area (TPSA) is 103 Å². The second kappa shape index (κ2) is 20.8. The first kappa shape index (κ1) is 44.8. The molecule has 1 aliphatic carbocycles. The fourth-order valence-corrected chi connectivity index (χ4v) is 9.00. The van der Waals surface area contributed by atoms with Crippen molar-refractivity contribution in [2.24, 2.45) is 0 Å². The van der Waals surface area contributed by atoms with Gasteiger partial charge in [0.2, 0.25) is 11.6 Å². The van der Waals surface area contributed by atoms with Crippen LogP contribution in [0.1, 0.15) is 63.6 Å². The third-order valence-corrected chi connectivity index (χ3v) is 12.3. The number of anilines is 1. The van der Waals surface area contributed by atoms with Gasteiger partial charge in [-0.15, -0.1) is 0 Å². The van der Waals surface area contributed by atoms with Crippen molar-refractivity contribution >= 4 is 23.0 Å². The maximum Gasteiger partial charge on any atom is 0.240 e. The molecule has 0 bridgehead atoms. The van der Waals surface area contributed by atoms with Gasteiger partial charge in [0.05, 0.1) is 51.7 Å². The van der Waals surface area contributed by atoms with Crippen LogP contribution >= 0.6 is 0 Å². The molecule has 1 amide bonds. The molecule has 0 atom stereocenters. The average Bonchev–Trinajstić information content (AvgIpc) is 3.59. The van der Waals surface area contributed by atoms with Crippen LogP contribution in [0.4, 0.5) is 11.4 Å². The number of carbonyl (C=O) groups is 1. The predicted molar refractivity (Wildman–Crippen MR) is 245 cm³/mol. The van der Waals surface area contributed by atoms with E-state index in [2.05, 4.69) is 134 Å². The number of nitrogens with zero attached hydrogens (tertiary/aromatic N) is 2. The molecule has 0 radical (unpaired) electrons. The van der Waals surface area contributed by atoms with Crippen LogP contribution in [0.25, 0.3) is 0 Å². The molecule has 0 saturated carbocycles. The van der Waals surface area contributed by atoms with Gasteiger partial charge >= 0.3 is 0 Å². The number of hydrogen-bond acceptors (Lipinski definition) is 9. The molecule has 3 aromatic rings. The van der Waals surface area contributed by atoms with Crippen LogP contribution in [-0.4, -0.2) is 103 Å². The van der Waals surface area contributed by atoms with Gasteiger partial charge < -0.3 is 44.0 Å². The number of amides is 1. The maximum atomic E-state index is 13.3. The van der Waals surface area contributed by atoms with Crippen LogP contribution in [0.5, 0.6) is 11.5 Å². The minimum Gasteiger partial charge on any atom is -0.487 e. The molecule has 3 heterocycles. The lowest BCUT2D eigenvalue weighted by Gasteiger charge is -2.27. The van der Waals surface area contributed by atoms with Gasteiger partial charge in [-0.05, 0) is 79.7 Å². The highest BCUT2D eigenvalue weighted by Crippen LogP contribution is 2.48. The highest BCUT2D eigenvalue weighted by atomic mass is 16.6. The number of methoxy groups -OCH3 is 1. The van der Waals surface area contributed by atoms with E-state index in [9.17, 15) is 4.79 Å². The fourth-order valence-electron chi connectivity index (χ4n) is 9.00. The molecule has 0 fully saturated rings. The van der Waals surface area contributed by atoms with E-state index in [0.29, 0.717) is 84.1 Å². The molecule has 3 aliphatic heterocycles. The Bertz CT molecular complexity index is 2220. The van der Waals surface area contributed by atoms with Crippen molar-refractivity contribution in [2.75, 3.05) is 91.6 Å². The van der Waals surface area contributed by atoms with E-state index in [1.807, 2.05) is 12.1 Å².